The van der Waals surface area contributed by atoms with Crippen molar-refractivity contribution in [3.05, 3.63) is 65.6 Å². The molecule has 0 saturated heterocycles. The number of H-pyrrole nitrogens is 1. The SMILES string of the molecule is C#CCc1ccc(CC(=O)C2CCC(c3nccc4[nH]ccc34)CCC3(CC3)C2)cc1. The van der Waals surface area contributed by atoms with E-state index < -0.39 is 0 Å². The lowest BCUT2D eigenvalue weighted by Gasteiger charge is -2.29. The van der Waals surface area contributed by atoms with Crippen molar-refractivity contribution < 1.29 is 4.79 Å². The summed E-state index contributed by atoms with van der Waals surface area (Å²) in [7, 11) is 0. The Morgan fingerprint density at radius 2 is 1.87 bits per heavy atom. The largest absolute Gasteiger partial charge is 0.361 e. The van der Waals surface area contributed by atoms with E-state index in [9.17, 15) is 4.79 Å². The topological polar surface area (TPSA) is 45.8 Å². The van der Waals surface area contributed by atoms with Gasteiger partial charge in [0.1, 0.15) is 5.78 Å². The van der Waals surface area contributed by atoms with Gasteiger partial charge in [0.2, 0.25) is 0 Å². The van der Waals surface area contributed by atoms with Crippen LogP contribution in [0.4, 0.5) is 0 Å². The molecule has 2 heterocycles. The van der Waals surface area contributed by atoms with Crippen LogP contribution in [-0.4, -0.2) is 15.8 Å². The molecule has 2 unspecified atom stereocenters. The Kier molecular flexibility index (Phi) is 5.40. The molecular weight excluding hydrogens is 380 g/mol. The van der Waals surface area contributed by atoms with Gasteiger partial charge in [-0.25, -0.2) is 0 Å². The van der Waals surface area contributed by atoms with Gasteiger partial charge >= 0.3 is 0 Å². The van der Waals surface area contributed by atoms with E-state index in [2.05, 4.69) is 41.2 Å². The molecule has 2 aliphatic carbocycles. The number of hydrogen-bond donors (Lipinski definition) is 1. The molecule has 2 saturated carbocycles. The molecular formula is C28H30N2O. The van der Waals surface area contributed by atoms with Crippen molar-refractivity contribution in [2.24, 2.45) is 11.3 Å². The summed E-state index contributed by atoms with van der Waals surface area (Å²) in [4.78, 5) is 21.4. The fourth-order valence-corrected chi connectivity index (χ4v) is 5.50. The van der Waals surface area contributed by atoms with E-state index in [1.165, 1.54) is 36.8 Å². The normalized spacial score (nSPS) is 22.5. The highest BCUT2D eigenvalue weighted by molar-refractivity contribution is 5.84. The van der Waals surface area contributed by atoms with Crippen LogP contribution >= 0.6 is 0 Å². The molecule has 2 fully saturated rings. The lowest BCUT2D eigenvalue weighted by molar-refractivity contribution is -0.123. The van der Waals surface area contributed by atoms with Crippen molar-refractivity contribution in [2.75, 3.05) is 0 Å². The van der Waals surface area contributed by atoms with Gasteiger partial charge in [0.25, 0.3) is 0 Å². The maximum Gasteiger partial charge on any atom is 0.140 e. The van der Waals surface area contributed by atoms with E-state index in [4.69, 9.17) is 11.4 Å². The molecule has 0 amide bonds. The third-order valence-electron chi connectivity index (χ3n) is 7.58. The predicted molar refractivity (Wildman–Crippen MR) is 125 cm³/mol. The number of pyridine rings is 1. The fourth-order valence-electron chi connectivity index (χ4n) is 5.50. The van der Waals surface area contributed by atoms with E-state index in [-0.39, 0.29) is 5.92 Å². The van der Waals surface area contributed by atoms with Crippen LogP contribution in [0.25, 0.3) is 10.9 Å². The van der Waals surface area contributed by atoms with Gasteiger partial charge in [0, 0.05) is 48.0 Å². The zero-order valence-electron chi connectivity index (χ0n) is 18.1. The molecule has 0 bridgehead atoms. The van der Waals surface area contributed by atoms with E-state index >= 15 is 0 Å². The van der Waals surface area contributed by atoms with Crippen molar-refractivity contribution in [3.8, 4) is 12.3 Å². The first-order chi connectivity index (χ1) is 15.2. The molecule has 3 heteroatoms. The van der Waals surface area contributed by atoms with E-state index in [1.54, 1.807) is 0 Å². The van der Waals surface area contributed by atoms with Gasteiger partial charge in [0.05, 0.1) is 5.69 Å². The molecule has 158 valence electrons. The molecule has 0 radical (unpaired) electrons. The van der Waals surface area contributed by atoms with Gasteiger partial charge in [-0.3, -0.25) is 9.78 Å². The zero-order chi connectivity index (χ0) is 21.3. The fraction of sp³-hybridized carbons (Fsp3) is 0.429. The molecule has 3 aromatic rings. The molecule has 2 aromatic heterocycles. The lowest BCUT2D eigenvalue weighted by atomic mass is 9.75. The molecule has 31 heavy (non-hydrogen) atoms. The number of carbonyl (C=O) groups excluding carboxylic acids is 1. The lowest BCUT2D eigenvalue weighted by Crippen LogP contribution is -2.24. The first-order valence-electron chi connectivity index (χ1n) is 11.6. The number of hydrogen-bond acceptors (Lipinski definition) is 2. The van der Waals surface area contributed by atoms with Crippen molar-refractivity contribution in [3.63, 3.8) is 0 Å². The number of carbonyl (C=O) groups is 1. The van der Waals surface area contributed by atoms with Gasteiger partial charge in [-0.1, -0.05) is 24.3 Å². The molecule has 5 rings (SSSR count). The van der Waals surface area contributed by atoms with E-state index in [1.807, 2.05) is 18.5 Å². The third kappa shape index (κ3) is 4.30. The standard InChI is InChI=1S/C28H30N2O/c1-2-3-20-4-6-21(7-5-20)18-26(31)23-9-8-22(10-13-28(19-23)14-15-28)27-24-11-16-29-25(24)12-17-30-27/h1,4-7,11-12,16-17,22-23,29H,3,8-10,13-15,18-19H2. The van der Waals surface area contributed by atoms with Crippen LogP contribution in [0, 0.1) is 23.7 Å². The second kappa shape index (κ2) is 8.35. The molecule has 1 aromatic carbocycles. The number of aromatic amines is 1. The molecule has 2 atom stereocenters. The predicted octanol–water partition coefficient (Wildman–Crippen LogP) is 5.99. The summed E-state index contributed by atoms with van der Waals surface area (Å²) in [5.74, 6) is 3.69. The van der Waals surface area contributed by atoms with Crippen LogP contribution in [-0.2, 0) is 17.6 Å². The van der Waals surface area contributed by atoms with Crippen molar-refractivity contribution in [2.45, 2.75) is 63.7 Å². The summed E-state index contributed by atoms with van der Waals surface area (Å²) in [6, 6.07) is 12.4. The summed E-state index contributed by atoms with van der Waals surface area (Å²) in [6.45, 7) is 0. The van der Waals surface area contributed by atoms with Gasteiger partial charge in [-0.15, -0.1) is 12.3 Å². The minimum absolute atomic E-state index is 0.168. The molecule has 3 nitrogen and oxygen atoms in total. The molecule has 0 aliphatic heterocycles. The average Bonchev–Trinajstić information content (AvgIpc) is 3.37. The smallest absolute Gasteiger partial charge is 0.140 e. The van der Waals surface area contributed by atoms with Crippen molar-refractivity contribution in [1.29, 1.82) is 0 Å². The van der Waals surface area contributed by atoms with Crippen LogP contribution in [0.1, 0.15) is 67.7 Å². The molecule has 2 aliphatic rings. The number of nitrogens with one attached hydrogen (secondary N) is 1. The van der Waals surface area contributed by atoms with Crippen LogP contribution in [0.15, 0.2) is 48.8 Å². The summed E-state index contributed by atoms with van der Waals surface area (Å²) in [6.07, 6.45) is 18.6. The first kappa shape index (κ1) is 20.1. The minimum atomic E-state index is 0.168. The Morgan fingerprint density at radius 1 is 1.06 bits per heavy atom. The summed E-state index contributed by atoms with van der Waals surface area (Å²) >= 11 is 0. The Bertz CT molecular complexity index is 1110. The number of rotatable bonds is 5. The number of benzene rings is 1. The molecule has 1 spiro atoms. The molecule has 1 N–H and O–H groups in total. The minimum Gasteiger partial charge on any atom is -0.361 e. The first-order valence-corrected chi connectivity index (χ1v) is 11.6. The quantitative estimate of drug-likeness (QED) is 0.525. The average molecular weight is 411 g/mol. The van der Waals surface area contributed by atoms with Crippen LogP contribution in [0.3, 0.4) is 0 Å². The van der Waals surface area contributed by atoms with E-state index in [0.29, 0.717) is 30.0 Å². The number of nitrogens with zero attached hydrogens (tertiary/aromatic N) is 1. The Labute approximate surface area is 184 Å². The van der Waals surface area contributed by atoms with Crippen LogP contribution in [0.2, 0.25) is 0 Å². The highest BCUT2D eigenvalue weighted by Gasteiger charge is 2.46. The maximum absolute atomic E-state index is 13.3. The second-order valence-corrected chi connectivity index (χ2v) is 9.69. The second-order valence-electron chi connectivity index (χ2n) is 9.69. The number of ketones is 1. The highest BCUT2D eigenvalue weighted by atomic mass is 16.1. The van der Waals surface area contributed by atoms with E-state index in [0.717, 1.165) is 35.9 Å². The van der Waals surface area contributed by atoms with Gasteiger partial charge in [0.15, 0.2) is 0 Å². The van der Waals surface area contributed by atoms with Crippen LogP contribution < -0.4 is 0 Å². The Hall–Kier alpha value is -2.86. The monoisotopic (exact) mass is 410 g/mol. The van der Waals surface area contributed by atoms with Crippen LogP contribution in [0.5, 0.6) is 0 Å². The number of terminal acetylenes is 1. The van der Waals surface area contributed by atoms with Gasteiger partial charge in [-0.05, 0) is 73.6 Å². The van der Waals surface area contributed by atoms with Crippen molar-refractivity contribution >= 4 is 16.7 Å². The summed E-state index contributed by atoms with van der Waals surface area (Å²) < 4.78 is 0. The number of fused-ring (bicyclic) bond motifs is 1. The number of Topliss-reactive ketones (excluding diaryl/α,β-unsaturated/α-hetero) is 1. The highest BCUT2D eigenvalue weighted by Crippen LogP contribution is 2.57. The third-order valence-corrected chi connectivity index (χ3v) is 7.58. The summed E-state index contributed by atoms with van der Waals surface area (Å²) in [5, 5.41) is 1.24. The number of aromatic nitrogens is 2. The Balaban J connectivity index is 1.32. The van der Waals surface area contributed by atoms with Crippen molar-refractivity contribution in [1.82, 2.24) is 9.97 Å². The zero-order valence-corrected chi connectivity index (χ0v) is 18.1. The van der Waals surface area contributed by atoms with Gasteiger partial charge in [-0.2, -0.15) is 0 Å². The van der Waals surface area contributed by atoms with Gasteiger partial charge < -0.3 is 4.98 Å². The summed E-state index contributed by atoms with van der Waals surface area (Å²) in [5.41, 5.74) is 5.02. The Morgan fingerprint density at radius 3 is 2.65 bits per heavy atom. The maximum atomic E-state index is 13.3.